The van der Waals surface area contributed by atoms with Gasteiger partial charge in [-0.2, -0.15) is 0 Å². The van der Waals surface area contributed by atoms with Gasteiger partial charge >= 0.3 is 0 Å². The average Bonchev–Trinajstić information content (AvgIpc) is 3.33. The highest BCUT2D eigenvalue weighted by atomic mass is 15.1. The first-order chi connectivity index (χ1) is 20.1. The molecule has 0 aliphatic carbocycles. The van der Waals surface area contributed by atoms with Gasteiger partial charge in [-0.1, -0.05) is 48.5 Å². The second kappa shape index (κ2) is 13.2. The molecular weight excluding hydrogens is 506 g/mol. The highest BCUT2D eigenvalue weighted by Gasteiger charge is 2.14. The van der Waals surface area contributed by atoms with Crippen LogP contribution in [0.5, 0.6) is 0 Å². The van der Waals surface area contributed by atoms with Gasteiger partial charge in [0.05, 0.1) is 0 Å². The molecule has 0 atom stereocenters. The topological polar surface area (TPSA) is 115 Å². The number of nitrogens with two attached hydrogens (primary N) is 4. The fourth-order valence-corrected chi connectivity index (χ4v) is 5.92. The van der Waals surface area contributed by atoms with Gasteiger partial charge in [0.15, 0.2) is 0 Å². The predicted octanol–water partition coefficient (Wildman–Crippen LogP) is 4.60. The van der Waals surface area contributed by atoms with Gasteiger partial charge in [0, 0.05) is 92.1 Å². The number of aromatic nitrogens is 1. The van der Waals surface area contributed by atoms with Gasteiger partial charge in [0.25, 0.3) is 0 Å². The monoisotopic (exact) mass is 549 g/mol. The molecule has 7 heteroatoms. The van der Waals surface area contributed by atoms with Crippen LogP contribution in [0.4, 0.5) is 11.4 Å². The van der Waals surface area contributed by atoms with Crippen molar-refractivity contribution in [1.82, 2.24) is 4.57 Å². The molecule has 5 aromatic rings. The molecule has 0 spiro atoms. The van der Waals surface area contributed by atoms with Crippen molar-refractivity contribution in [2.45, 2.75) is 13.5 Å². The van der Waals surface area contributed by atoms with Gasteiger partial charge in [0.1, 0.15) is 0 Å². The Balaban J connectivity index is 1.55. The van der Waals surface area contributed by atoms with E-state index in [2.05, 4.69) is 106 Å². The number of hydrogen-bond acceptors (Lipinski definition) is 6. The molecule has 7 nitrogen and oxygen atoms in total. The summed E-state index contributed by atoms with van der Waals surface area (Å²) >= 11 is 0. The third-order valence-electron chi connectivity index (χ3n) is 7.87. The molecule has 0 aliphatic heterocycles. The molecule has 1 aromatic heterocycles. The SMILES string of the molecule is CCn1c2cc(-c3cccc(N(CCN)CCN)c3)ccc2c2ccc(-c3cccc(N(CCN)CCN)c3)cc21. The summed E-state index contributed by atoms with van der Waals surface area (Å²) in [5, 5.41) is 2.54. The molecule has 0 radical (unpaired) electrons. The maximum atomic E-state index is 5.87. The highest BCUT2D eigenvalue weighted by molar-refractivity contribution is 6.10. The van der Waals surface area contributed by atoms with Crippen LogP contribution in [0.15, 0.2) is 84.9 Å². The summed E-state index contributed by atoms with van der Waals surface area (Å²) in [5.41, 5.74) is 33.1. The van der Waals surface area contributed by atoms with Crippen molar-refractivity contribution in [2.75, 3.05) is 62.2 Å². The first-order valence-electron chi connectivity index (χ1n) is 14.7. The van der Waals surface area contributed by atoms with Crippen molar-refractivity contribution in [3.8, 4) is 22.3 Å². The maximum absolute atomic E-state index is 5.87. The number of hydrogen-bond donors (Lipinski definition) is 4. The molecule has 0 fully saturated rings. The number of fused-ring (bicyclic) bond motifs is 3. The van der Waals surface area contributed by atoms with E-state index < -0.39 is 0 Å². The van der Waals surface area contributed by atoms with E-state index in [1.54, 1.807) is 0 Å². The summed E-state index contributed by atoms with van der Waals surface area (Å²) < 4.78 is 2.43. The second-order valence-electron chi connectivity index (χ2n) is 10.4. The molecule has 4 aromatic carbocycles. The third kappa shape index (κ3) is 5.94. The highest BCUT2D eigenvalue weighted by Crippen LogP contribution is 2.36. The Bertz CT molecular complexity index is 1480. The smallest absolute Gasteiger partial charge is 0.0497 e. The first kappa shape index (κ1) is 28.6. The van der Waals surface area contributed by atoms with Crippen molar-refractivity contribution >= 4 is 33.2 Å². The number of anilines is 2. The summed E-state index contributed by atoms with van der Waals surface area (Å²) in [6.45, 7) is 8.62. The van der Waals surface area contributed by atoms with Crippen molar-refractivity contribution in [1.29, 1.82) is 0 Å². The molecular formula is C34H43N7. The fraction of sp³-hybridized carbons (Fsp3) is 0.294. The lowest BCUT2D eigenvalue weighted by molar-refractivity contribution is 0.782. The Morgan fingerprint density at radius 3 is 1.27 bits per heavy atom. The minimum Gasteiger partial charge on any atom is -0.369 e. The third-order valence-corrected chi connectivity index (χ3v) is 7.87. The Kier molecular flexibility index (Phi) is 9.21. The Morgan fingerprint density at radius 1 is 0.512 bits per heavy atom. The Hall–Kier alpha value is -3.88. The van der Waals surface area contributed by atoms with E-state index in [0.29, 0.717) is 26.2 Å². The van der Waals surface area contributed by atoms with Gasteiger partial charge in [0.2, 0.25) is 0 Å². The average molecular weight is 550 g/mol. The zero-order valence-corrected chi connectivity index (χ0v) is 24.1. The van der Waals surface area contributed by atoms with Crippen LogP contribution in [0.25, 0.3) is 44.1 Å². The molecule has 0 aliphatic rings. The molecule has 0 unspecified atom stereocenters. The molecule has 0 saturated heterocycles. The summed E-state index contributed by atoms with van der Waals surface area (Å²) in [6.07, 6.45) is 0. The van der Waals surface area contributed by atoms with E-state index >= 15 is 0 Å². The van der Waals surface area contributed by atoms with E-state index in [1.807, 2.05) is 0 Å². The van der Waals surface area contributed by atoms with Crippen LogP contribution >= 0.6 is 0 Å². The zero-order valence-electron chi connectivity index (χ0n) is 24.1. The van der Waals surface area contributed by atoms with E-state index in [0.717, 1.165) is 44.1 Å². The molecule has 1 heterocycles. The van der Waals surface area contributed by atoms with Crippen molar-refractivity contribution in [3.05, 3.63) is 84.9 Å². The van der Waals surface area contributed by atoms with E-state index in [9.17, 15) is 0 Å². The summed E-state index contributed by atoms with van der Waals surface area (Å²) in [4.78, 5) is 4.51. The maximum Gasteiger partial charge on any atom is 0.0497 e. The normalized spacial score (nSPS) is 11.4. The molecule has 0 saturated carbocycles. The van der Waals surface area contributed by atoms with E-state index in [-0.39, 0.29) is 0 Å². The molecule has 8 N–H and O–H groups in total. The fourth-order valence-electron chi connectivity index (χ4n) is 5.92. The van der Waals surface area contributed by atoms with Crippen LogP contribution in [0.1, 0.15) is 6.92 Å². The summed E-state index contributed by atoms with van der Waals surface area (Å²) in [5.74, 6) is 0. The van der Waals surface area contributed by atoms with Gasteiger partial charge in [-0.15, -0.1) is 0 Å². The summed E-state index contributed by atoms with van der Waals surface area (Å²) in [7, 11) is 0. The van der Waals surface area contributed by atoms with Gasteiger partial charge in [-0.05, 0) is 65.6 Å². The number of rotatable bonds is 13. The molecule has 0 amide bonds. The van der Waals surface area contributed by atoms with Crippen LogP contribution in [-0.2, 0) is 6.54 Å². The zero-order chi connectivity index (χ0) is 28.8. The largest absolute Gasteiger partial charge is 0.369 e. The lowest BCUT2D eigenvalue weighted by atomic mass is 10.0. The van der Waals surface area contributed by atoms with Gasteiger partial charge in [-0.25, -0.2) is 0 Å². The molecule has 41 heavy (non-hydrogen) atoms. The van der Waals surface area contributed by atoms with Crippen LogP contribution < -0.4 is 32.7 Å². The summed E-state index contributed by atoms with van der Waals surface area (Å²) in [6, 6.07) is 31.0. The number of benzene rings is 4. The van der Waals surface area contributed by atoms with Crippen molar-refractivity contribution in [2.24, 2.45) is 22.9 Å². The standard InChI is InChI=1S/C34H43N7/c1-2-41-33-23-27(25-5-3-7-29(21-25)39(17-13-35)18-14-36)9-11-31(33)32-12-10-28(24-34(32)41)26-6-4-8-30(22-26)40(19-15-37)20-16-38/h3-12,21-24H,2,13-20,35-38H2,1H3. The van der Waals surface area contributed by atoms with E-state index in [1.165, 1.54) is 44.1 Å². The van der Waals surface area contributed by atoms with Gasteiger partial charge in [-0.3, -0.25) is 0 Å². The minimum atomic E-state index is 0.596. The lowest BCUT2D eigenvalue weighted by Crippen LogP contribution is -2.33. The number of nitrogens with zero attached hydrogens (tertiary/aromatic N) is 3. The van der Waals surface area contributed by atoms with Crippen molar-refractivity contribution in [3.63, 3.8) is 0 Å². The second-order valence-corrected chi connectivity index (χ2v) is 10.4. The van der Waals surface area contributed by atoms with Gasteiger partial charge < -0.3 is 37.3 Å². The van der Waals surface area contributed by atoms with Crippen LogP contribution in [0, 0.1) is 0 Å². The predicted molar refractivity (Wildman–Crippen MR) is 177 cm³/mol. The minimum absolute atomic E-state index is 0.596. The van der Waals surface area contributed by atoms with Crippen LogP contribution in [0.2, 0.25) is 0 Å². The Morgan fingerprint density at radius 2 is 0.902 bits per heavy atom. The first-order valence-corrected chi connectivity index (χ1v) is 14.7. The lowest BCUT2D eigenvalue weighted by Gasteiger charge is -2.24. The van der Waals surface area contributed by atoms with Crippen LogP contribution in [-0.4, -0.2) is 56.9 Å². The number of aryl methyl sites for hydroxylation is 1. The van der Waals surface area contributed by atoms with Crippen molar-refractivity contribution < 1.29 is 0 Å². The Labute approximate surface area is 243 Å². The molecule has 0 bridgehead atoms. The quantitative estimate of drug-likeness (QED) is 0.171. The molecule has 5 rings (SSSR count). The molecule has 214 valence electrons. The van der Waals surface area contributed by atoms with E-state index in [4.69, 9.17) is 22.9 Å². The van der Waals surface area contributed by atoms with Crippen LogP contribution in [0.3, 0.4) is 0 Å².